The molecule has 0 saturated carbocycles. The van der Waals surface area contributed by atoms with E-state index in [9.17, 15) is 13.2 Å². The molecule has 3 rings (SSSR count). The van der Waals surface area contributed by atoms with Crippen LogP contribution < -0.4 is 9.62 Å². The molecular weight excluding hydrogens is 338 g/mol. The molecule has 0 radical (unpaired) electrons. The summed E-state index contributed by atoms with van der Waals surface area (Å²) in [4.78, 5) is 15.0. The molecule has 0 aliphatic carbocycles. The summed E-state index contributed by atoms with van der Waals surface area (Å²) in [6.45, 7) is 6.87. The minimum Gasteiger partial charge on any atom is -0.349 e. The minimum atomic E-state index is -3.26. The molecule has 0 bridgehead atoms. The molecule has 1 aromatic carbocycles. The molecule has 2 aliphatic rings. The van der Waals surface area contributed by atoms with Gasteiger partial charge in [0.15, 0.2) is 0 Å². The van der Waals surface area contributed by atoms with E-state index in [4.69, 9.17) is 0 Å². The molecule has 138 valence electrons. The first-order chi connectivity index (χ1) is 11.8. The molecular formula is C18H27N3O3S. The van der Waals surface area contributed by atoms with E-state index >= 15 is 0 Å². The first-order valence-corrected chi connectivity index (χ1v) is 10.8. The number of benzene rings is 1. The molecule has 1 saturated heterocycles. The van der Waals surface area contributed by atoms with Crippen LogP contribution in [-0.4, -0.2) is 57.2 Å². The molecule has 6 nitrogen and oxygen atoms in total. The van der Waals surface area contributed by atoms with Gasteiger partial charge in [-0.3, -0.25) is 9.10 Å². The van der Waals surface area contributed by atoms with Crippen molar-refractivity contribution in [2.45, 2.75) is 45.2 Å². The highest BCUT2D eigenvalue weighted by molar-refractivity contribution is 7.92. The van der Waals surface area contributed by atoms with Crippen LogP contribution in [-0.2, 0) is 16.4 Å². The lowest BCUT2D eigenvalue weighted by Gasteiger charge is -2.34. The SMILES string of the molecule is CC(C)N1CCC(NC(=O)c2ccc3c(c2)CCN3S(C)(=O)=O)CC1. The number of rotatable bonds is 4. The number of fused-ring (bicyclic) bond motifs is 1. The maximum atomic E-state index is 12.6. The predicted octanol–water partition coefficient (Wildman–Crippen LogP) is 1.61. The molecule has 0 aromatic heterocycles. The molecule has 7 heteroatoms. The molecule has 1 fully saturated rings. The Morgan fingerprint density at radius 3 is 2.48 bits per heavy atom. The number of carbonyl (C=O) groups excluding carboxylic acids is 1. The van der Waals surface area contributed by atoms with Crippen LogP contribution in [0.4, 0.5) is 5.69 Å². The van der Waals surface area contributed by atoms with Crippen molar-refractivity contribution in [1.29, 1.82) is 0 Å². The van der Waals surface area contributed by atoms with Crippen molar-refractivity contribution in [2.75, 3.05) is 30.2 Å². The zero-order chi connectivity index (χ0) is 18.2. The number of likely N-dealkylation sites (tertiary alicyclic amines) is 1. The molecule has 1 aromatic rings. The van der Waals surface area contributed by atoms with E-state index in [2.05, 4.69) is 24.1 Å². The largest absolute Gasteiger partial charge is 0.349 e. The number of piperidine rings is 1. The molecule has 2 heterocycles. The summed E-state index contributed by atoms with van der Waals surface area (Å²) in [5, 5.41) is 3.13. The normalized spacial score (nSPS) is 19.3. The van der Waals surface area contributed by atoms with Crippen molar-refractivity contribution in [3.63, 3.8) is 0 Å². The van der Waals surface area contributed by atoms with Crippen LogP contribution in [0.3, 0.4) is 0 Å². The van der Waals surface area contributed by atoms with Crippen molar-refractivity contribution >= 4 is 21.6 Å². The molecule has 1 amide bonds. The molecule has 0 unspecified atom stereocenters. The van der Waals surface area contributed by atoms with Crippen molar-refractivity contribution in [2.24, 2.45) is 0 Å². The monoisotopic (exact) mass is 365 g/mol. The average Bonchev–Trinajstić information content (AvgIpc) is 2.98. The summed E-state index contributed by atoms with van der Waals surface area (Å²) in [6.07, 6.45) is 3.80. The van der Waals surface area contributed by atoms with Crippen LogP contribution in [0.5, 0.6) is 0 Å². The van der Waals surface area contributed by atoms with E-state index in [1.54, 1.807) is 12.1 Å². The first-order valence-electron chi connectivity index (χ1n) is 8.91. The number of sulfonamides is 1. The second kappa shape index (κ2) is 6.96. The fraction of sp³-hybridized carbons (Fsp3) is 0.611. The van der Waals surface area contributed by atoms with Crippen molar-refractivity contribution < 1.29 is 13.2 Å². The van der Waals surface area contributed by atoms with Gasteiger partial charge in [-0.25, -0.2) is 8.42 Å². The number of hydrogen-bond acceptors (Lipinski definition) is 4. The van der Waals surface area contributed by atoms with Gasteiger partial charge in [0, 0.05) is 37.3 Å². The third kappa shape index (κ3) is 3.98. The van der Waals surface area contributed by atoms with Crippen LogP contribution in [0.15, 0.2) is 18.2 Å². The molecule has 0 spiro atoms. The quantitative estimate of drug-likeness (QED) is 0.880. The van der Waals surface area contributed by atoms with Gasteiger partial charge < -0.3 is 10.2 Å². The summed E-state index contributed by atoms with van der Waals surface area (Å²) >= 11 is 0. The number of hydrogen-bond donors (Lipinski definition) is 1. The van der Waals surface area contributed by atoms with Crippen molar-refractivity contribution in [3.05, 3.63) is 29.3 Å². The zero-order valence-corrected chi connectivity index (χ0v) is 16.0. The van der Waals surface area contributed by atoms with Crippen molar-refractivity contribution in [1.82, 2.24) is 10.2 Å². The minimum absolute atomic E-state index is 0.0661. The van der Waals surface area contributed by atoms with E-state index in [1.807, 2.05) is 6.07 Å². The Kier molecular flexibility index (Phi) is 5.06. The molecule has 25 heavy (non-hydrogen) atoms. The Bertz CT molecular complexity index is 753. The first kappa shape index (κ1) is 18.2. The summed E-state index contributed by atoms with van der Waals surface area (Å²) in [5.74, 6) is -0.0661. The number of amides is 1. The predicted molar refractivity (Wildman–Crippen MR) is 99.5 cm³/mol. The summed E-state index contributed by atoms with van der Waals surface area (Å²) in [6, 6.07) is 6.06. The highest BCUT2D eigenvalue weighted by Crippen LogP contribution is 2.30. The van der Waals surface area contributed by atoms with Gasteiger partial charge in [0.2, 0.25) is 10.0 Å². The van der Waals surface area contributed by atoms with Gasteiger partial charge in [-0.2, -0.15) is 0 Å². The van der Waals surface area contributed by atoms with Crippen LogP contribution >= 0.6 is 0 Å². The summed E-state index contributed by atoms with van der Waals surface area (Å²) in [7, 11) is -3.26. The van der Waals surface area contributed by atoms with Crippen LogP contribution in [0.2, 0.25) is 0 Å². The summed E-state index contributed by atoms with van der Waals surface area (Å²) < 4.78 is 25.0. The molecule has 2 aliphatic heterocycles. The Morgan fingerprint density at radius 1 is 1.20 bits per heavy atom. The van der Waals surface area contributed by atoms with Gasteiger partial charge >= 0.3 is 0 Å². The van der Waals surface area contributed by atoms with E-state index < -0.39 is 10.0 Å². The number of carbonyl (C=O) groups is 1. The smallest absolute Gasteiger partial charge is 0.251 e. The zero-order valence-electron chi connectivity index (χ0n) is 15.2. The fourth-order valence-electron chi connectivity index (χ4n) is 3.69. The Hall–Kier alpha value is -1.60. The van der Waals surface area contributed by atoms with Gasteiger partial charge in [-0.15, -0.1) is 0 Å². The van der Waals surface area contributed by atoms with Crippen LogP contribution in [0, 0.1) is 0 Å². The Labute approximate surface area is 150 Å². The van der Waals surface area contributed by atoms with Gasteiger partial charge in [0.1, 0.15) is 0 Å². The maximum absolute atomic E-state index is 12.6. The molecule has 0 atom stereocenters. The van der Waals surface area contributed by atoms with E-state index in [0.29, 0.717) is 30.3 Å². The standard InChI is InChI=1S/C18H27N3O3S/c1-13(2)20-9-7-16(8-10-20)19-18(22)15-4-5-17-14(12-15)6-11-21(17)25(3,23)24/h4-5,12-13,16H,6-11H2,1-3H3,(H,19,22). The highest BCUT2D eigenvalue weighted by atomic mass is 32.2. The van der Waals surface area contributed by atoms with E-state index in [0.717, 1.165) is 31.5 Å². The van der Waals surface area contributed by atoms with Gasteiger partial charge in [0.25, 0.3) is 5.91 Å². The lowest BCUT2D eigenvalue weighted by molar-refractivity contribution is 0.0900. The second-order valence-electron chi connectivity index (χ2n) is 7.31. The third-order valence-electron chi connectivity index (χ3n) is 5.19. The lowest BCUT2D eigenvalue weighted by atomic mass is 10.0. The second-order valence-corrected chi connectivity index (χ2v) is 9.21. The van der Waals surface area contributed by atoms with Gasteiger partial charge in [-0.1, -0.05) is 0 Å². The van der Waals surface area contributed by atoms with E-state index in [1.165, 1.54) is 10.6 Å². The Morgan fingerprint density at radius 2 is 1.88 bits per heavy atom. The average molecular weight is 365 g/mol. The fourth-order valence-corrected chi connectivity index (χ4v) is 4.64. The topological polar surface area (TPSA) is 69.7 Å². The maximum Gasteiger partial charge on any atom is 0.251 e. The highest BCUT2D eigenvalue weighted by Gasteiger charge is 2.27. The Balaban J connectivity index is 1.65. The van der Waals surface area contributed by atoms with Gasteiger partial charge in [-0.05, 0) is 56.9 Å². The van der Waals surface area contributed by atoms with E-state index in [-0.39, 0.29) is 11.9 Å². The van der Waals surface area contributed by atoms with Gasteiger partial charge in [0.05, 0.1) is 11.9 Å². The summed E-state index contributed by atoms with van der Waals surface area (Å²) in [5.41, 5.74) is 2.23. The molecule has 1 N–H and O–H groups in total. The number of nitrogens with zero attached hydrogens (tertiary/aromatic N) is 2. The van der Waals surface area contributed by atoms with Crippen LogP contribution in [0.25, 0.3) is 0 Å². The van der Waals surface area contributed by atoms with Crippen LogP contribution in [0.1, 0.15) is 42.6 Å². The lowest BCUT2D eigenvalue weighted by Crippen LogP contribution is -2.46. The van der Waals surface area contributed by atoms with Crippen molar-refractivity contribution in [3.8, 4) is 0 Å². The number of nitrogens with one attached hydrogen (secondary N) is 1. The number of anilines is 1. The third-order valence-corrected chi connectivity index (χ3v) is 6.37.